The summed E-state index contributed by atoms with van der Waals surface area (Å²) < 4.78 is 12.7. The molecule has 0 amide bonds. The largest absolute Gasteiger partial charge is 0.496 e. The molecule has 1 unspecified atom stereocenters. The second-order valence-electron chi connectivity index (χ2n) is 4.65. The van der Waals surface area contributed by atoms with Crippen LogP contribution in [0.2, 0.25) is 5.02 Å². The zero-order valence-corrected chi connectivity index (χ0v) is 13.2. The van der Waals surface area contributed by atoms with Gasteiger partial charge in [-0.05, 0) is 18.6 Å². The Hall–Kier alpha value is -1.72. The Morgan fingerprint density at radius 2 is 1.90 bits per heavy atom. The van der Waals surface area contributed by atoms with Crippen molar-refractivity contribution < 1.29 is 9.47 Å². The summed E-state index contributed by atoms with van der Waals surface area (Å²) in [5.41, 5.74) is 7.97. The third-order valence-electron chi connectivity index (χ3n) is 3.34. The lowest BCUT2D eigenvalue weighted by molar-refractivity contribution is 0.380. The van der Waals surface area contributed by atoms with Crippen LogP contribution in [0, 0.1) is 0 Å². The summed E-state index contributed by atoms with van der Waals surface area (Å²) in [5, 5.41) is 4.83. The SMILES string of the molecule is CCCn1ncc(Cl)c1C(N)c1c(OC)cccc1OC. The molecule has 21 heavy (non-hydrogen) atoms. The van der Waals surface area contributed by atoms with Gasteiger partial charge in [0.15, 0.2) is 0 Å². The van der Waals surface area contributed by atoms with Crippen molar-refractivity contribution in [1.82, 2.24) is 9.78 Å². The van der Waals surface area contributed by atoms with Crippen LogP contribution in [-0.2, 0) is 6.54 Å². The number of hydrogen-bond acceptors (Lipinski definition) is 4. The lowest BCUT2D eigenvalue weighted by Gasteiger charge is -2.20. The Morgan fingerprint density at radius 1 is 1.29 bits per heavy atom. The molecule has 0 aliphatic heterocycles. The molecule has 1 atom stereocenters. The summed E-state index contributed by atoms with van der Waals surface area (Å²) in [6.07, 6.45) is 2.56. The topological polar surface area (TPSA) is 62.3 Å². The number of benzene rings is 1. The van der Waals surface area contributed by atoms with Gasteiger partial charge in [0, 0.05) is 6.54 Å². The highest BCUT2D eigenvalue weighted by atomic mass is 35.5. The summed E-state index contributed by atoms with van der Waals surface area (Å²) in [6, 6.07) is 5.09. The maximum atomic E-state index is 6.44. The van der Waals surface area contributed by atoms with Gasteiger partial charge >= 0.3 is 0 Å². The Kier molecular flexibility index (Phi) is 5.09. The first-order chi connectivity index (χ1) is 10.1. The number of rotatable bonds is 6. The van der Waals surface area contributed by atoms with Crippen LogP contribution in [0.25, 0.3) is 0 Å². The van der Waals surface area contributed by atoms with E-state index in [-0.39, 0.29) is 0 Å². The molecule has 2 N–H and O–H groups in total. The van der Waals surface area contributed by atoms with Crippen molar-refractivity contribution in [3.8, 4) is 11.5 Å². The highest BCUT2D eigenvalue weighted by Crippen LogP contribution is 2.38. The number of ether oxygens (including phenoxy) is 2. The molecule has 6 heteroatoms. The smallest absolute Gasteiger partial charge is 0.127 e. The van der Waals surface area contributed by atoms with Crippen LogP contribution in [0.1, 0.15) is 30.6 Å². The summed E-state index contributed by atoms with van der Waals surface area (Å²) in [6.45, 7) is 2.84. The van der Waals surface area contributed by atoms with Gasteiger partial charge in [-0.15, -0.1) is 0 Å². The van der Waals surface area contributed by atoms with Crippen LogP contribution in [-0.4, -0.2) is 24.0 Å². The number of nitrogens with two attached hydrogens (primary N) is 1. The fourth-order valence-electron chi connectivity index (χ4n) is 2.39. The van der Waals surface area contributed by atoms with E-state index in [0.717, 1.165) is 24.2 Å². The fraction of sp³-hybridized carbons (Fsp3) is 0.400. The molecule has 2 rings (SSSR count). The zero-order valence-electron chi connectivity index (χ0n) is 12.5. The molecule has 0 aliphatic rings. The van der Waals surface area contributed by atoms with Crippen LogP contribution >= 0.6 is 11.6 Å². The van der Waals surface area contributed by atoms with E-state index in [2.05, 4.69) is 12.0 Å². The van der Waals surface area contributed by atoms with E-state index in [9.17, 15) is 0 Å². The Balaban J connectivity index is 2.54. The second kappa shape index (κ2) is 6.83. The average molecular weight is 310 g/mol. The van der Waals surface area contributed by atoms with Crippen molar-refractivity contribution >= 4 is 11.6 Å². The molecule has 5 nitrogen and oxygen atoms in total. The number of aryl methyl sites for hydroxylation is 1. The van der Waals surface area contributed by atoms with Gasteiger partial charge < -0.3 is 15.2 Å². The van der Waals surface area contributed by atoms with Gasteiger partial charge in [0.25, 0.3) is 0 Å². The van der Waals surface area contributed by atoms with E-state index in [1.165, 1.54) is 0 Å². The quantitative estimate of drug-likeness (QED) is 0.891. The lowest BCUT2D eigenvalue weighted by atomic mass is 10.0. The summed E-state index contributed by atoms with van der Waals surface area (Å²) in [4.78, 5) is 0. The second-order valence-corrected chi connectivity index (χ2v) is 5.06. The number of methoxy groups -OCH3 is 2. The maximum Gasteiger partial charge on any atom is 0.127 e. The molecule has 0 saturated heterocycles. The predicted molar refractivity (Wildman–Crippen MR) is 83.1 cm³/mol. The van der Waals surface area contributed by atoms with Crippen molar-refractivity contribution in [3.05, 3.63) is 40.7 Å². The lowest BCUT2D eigenvalue weighted by Crippen LogP contribution is -2.19. The van der Waals surface area contributed by atoms with Gasteiger partial charge in [-0.1, -0.05) is 24.6 Å². The summed E-state index contributed by atoms with van der Waals surface area (Å²) in [7, 11) is 3.21. The molecule has 0 fully saturated rings. The van der Waals surface area contributed by atoms with E-state index in [4.69, 9.17) is 26.8 Å². The molecule has 0 spiro atoms. The monoisotopic (exact) mass is 309 g/mol. The Morgan fingerprint density at radius 3 is 2.43 bits per heavy atom. The van der Waals surface area contributed by atoms with Crippen LogP contribution in [0.4, 0.5) is 0 Å². The average Bonchev–Trinajstić information content (AvgIpc) is 2.86. The minimum atomic E-state index is -0.474. The molecule has 0 aliphatic carbocycles. The van der Waals surface area contributed by atoms with E-state index >= 15 is 0 Å². The maximum absolute atomic E-state index is 6.44. The van der Waals surface area contributed by atoms with Gasteiger partial charge in [0.1, 0.15) is 11.5 Å². The summed E-state index contributed by atoms with van der Waals surface area (Å²) >= 11 is 6.27. The van der Waals surface area contributed by atoms with Crippen LogP contribution in [0.3, 0.4) is 0 Å². The first-order valence-electron chi connectivity index (χ1n) is 6.81. The Bertz CT molecular complexity index is 591. The molecule has 1 aromatic heterocycles. The fourth-order valence-corrected chi connectivity index (χ4v) is 2.65. The van der Waals surface area contributed by atoms with Gasteiger partial charge in [-0.2, -0.15) is 5.10 Å². The minimum absolute atomic E-state index is 0.474. The molecule has 114 valence electrons. The van der Waals surface area contributed by atoms with E-state index in [1.54, 1.807) is 20.4 Å². The molecule has 0 bridgehead atoms. The highest BCUT2D eigenvalue weighted by Gasteiger charge is 2.24. The molecule has 0 radical (unpaired) electrons. The van der Waals surface area contributed by atoms with Crippen molar-refractivity contribution in [2.24, 2.45) is 5.73 Å². The van der Waals surface area contributed by atoms with Crippen molar-refractivity contribution in [2.45, 2.75) is 25.9 Å². The zero-order chi connectivity index (χ0) is 15.4. The van der Waals surface area contributed by atoms with E-state index in [1.807, 2.05) is 22.9 Å². The van der Waals surface area contributed by atoms with Gasteiger partial charge in [0.05, 0.1) is 42.7 Å². The molecule has 0 saturated carbocycles. The standard InChI is InChI=1S/C15H20ClN3O2/c1-4-8-19-15(10(16)9-18-19)14(17)13-11(20-2)6-5-7-12(13)21-3/h5-7,9,14H,4,8,17H2,1-3H3. The molecular weight excluding hydrogens is 290 g/mol. The van der Waals surface area contributed by atoms with E-state index in [0.29, 0.717) is 16.5 Å². The first kappa shape index (κ1) is 15.7. The van der Waals surface area contributed by atoms with Gasteiger partial charge in [-0.25, -0.2) is 0 Å². The number of aromatic nitrogens is 2. The Labute approximate surface area is 129 Å². The molecular formula is C15H20ClN3O2. The van der Waals surface area contributed by atoms with Crippen molar-refractivity contribution in [3.63, 3.8) is 0 Å². The number of hydrogen-bond donors (Lipinski definition) is 1. The number of halogens is 1. The minimum Gasteiger partial charge on any atom is -0.496 e. The third-order valence-corrected chi connectivity index (χ3v) is 3.63. The normalized spacial score (nSPS) is 12.2. The van der Waals surface area contributed by atoms with E-state index < -0.39 is 6.04 Å². The van der Waals surface area contributed by atoms with Gasteiger partial charge in [0.2, 0.25) is 0 Å². The van der Waals surface area contributed by atoms with Crippen LogP contribution < -0.4 is 15.2 Å². The predicted octanol–water partition coefficient (Wildman–Crippen LogP) is 3.01. The third kappa shape index (κ3) is 2.99. The molecule has 2 aromatic rings. The first-order valence-corrected chi connectivity index (χ1v) is 7.19. The van der Waals surface area contributed by atoms with Crippen LogP contribution in [0.15, 0.2) is 24.4 Å². The van der Waals surface area contributed by atoms with Gasteiger partial charge in [-0.3, -0.25) is 4.68 Å². The van der Waals surface area contributed by atoms with Crippen molar-refractivity contribution in [2.75, 3.05) is 14.2 Å². The number of nitrogens with zero attached hydrogens (tertiary/aromatic N) is 2. The molecule has 1 heterocycles. The molecule has 1 aromatic carbocycles. The van der Waals surface area contributed by atoms with Crippen LogP contribution in [0.5, 0.6) is 11.5 Å². The summed E-state index contributed by atoms with van der Waals surface area (Å²) in [5.74, 6) is 1.34. The van der Waals surface area contributed by atoms with Crippen molar-refractivity contribution in [1.29, 1.82) is 0 Å². The highest BCUT2D eigenvalue weighted by molar-refractivity contribution is 6.31.